The smallest absolute Gasteiger partial charge is 0.164 e. The third-order valence-corrected chi connectivity index (χ3v) is 4.05. The Kier molecular flexibility index (Phi) is 2.92. The number of hydrogen-bond donors (Lipinski definition) is 1. The molecule has 4 nitrogen and oxygen atoms in total. The topological polar surface area (TPSA) is 65.2 Å². The molecule has 0 radical (unpaired) electrons. The third kappa shape index (κ3) is 1.85. The number of aryl methyl sites for hydroxylation is 1. The van der Waals surface area contributed by atoms with Crippen LogP contribution in [-0.4, -0.2) is 29.5 Å². The van der Waals surface area contributed by atoms with Crippen molar-refractivity contribution in [3.05, 3.63) is 29.6 Å². The lowest BCUT2D eigenvalue weighted by Crippen LogP contribution is -2.51. The normalized spacial score (nSPS) is 31.1. The molecule has 2 atom stereocenters. The molecule has 1 saturated heterocycles. The van der Waals surface area contributed by atoms with Crippen molar-refractivity contribution in [1.82, 2.24) is 4.98 Å². The van der Waals surface area contributed by atoms with Gasteiger partial charge in [0, 0.05) is 12.8 Å². The first kappa shape index (κ1) is 11.8. The van der Waals surface area contributed by atoms with Crippen LogP contribution in [0.5, 0.6) is 0 Å². The van der Waals surface area contributed by atoms with Crippen LogP contribution >= 0.6 is 0 Å². The zero-order chi connectivity index (χ0) is 12.6. The zero-order valence-electron chi connectivity index (χ0n) is 10.4. The lowest BCUT2D eigenvalue weighted by molar-refractivity contribution is -0.126. The number of nitrogens with zero attached hydrogens (tertiary/aromatic N) is 1. The van der Waals surface area contributed by atoms with Crippen molar-refractivity contribution in [2.75, 3.05) is 13.2 Å². The van der Waals surface area contributed by atoms with Crippen LogP contribution in [0, 0.1) is 0 Å². The van der Waals surface area contributed by atoms with Gasteiger partial charge in [0.15, 0.2) is 5.78 Å². The van der Waals surface area contributed by atoms with Gasteiger partial charge < -0.3 is 10.5 Å². The van der Waals surface area contributed by atoms with Gasteiger partial charge in [0.05, 0.1) is 18.2 Å². The van der Waals surface area contributed by atoms with Crippen LogP contribution in [0.2, 0.25) is 0 Å². The second kappa shape index (κ2) is 4.44. The van der Waals surface area contributed by atoms with Gasteiger partial charge in [-0.1, -0.05) is 6.07 Å². The predicted molar refractivity (Wildman–Crippen MR) is 67.3 cm³/mol. The molecule has 2 unspecified atom stereocenters. The summed E-state index contributed by atoms with van der Waals surface area (Å²) in [6, 6.07) is 4.00. The molecule has 2 N–H and O–H groups in total. The number of nitrogens with two attached hydrogens (primary N) is 1. The van der Waals surface area contributed by atoms with Crippen molar-refractivity contribution in [3.63, 3.8) is 0 Å². The Labute approximate surface area is 107 Å². The van der Waals surface area contributed by atoms with Gasteiger partial charge in [0.2, 0.25) is 0 Å². The largest absolute Gasteiger partial charge is 0.379 e. The minimum Gasteiger partial charge on any atom is -0.379 e. The van der Waals surface area contributed by atoms with E-state index >= 15 is 0 Å². The number of carbonyl (C=O) groups is 1. The first-order chi connectivity index (χ1) is 8.71. The molecule has 0 spiro atoms. The van der Waals surface area contributed by atoms with E-state index < -0.39 is 5.54 Å². The lowest BCUT2D eigenvalue weighted by atomic mass is 9.77. The Hall–Kier alpha value is -1.26. The van der Waals surface area contributed by atoms with Gasteiger partial charge in [-0.25, -0.2) is 0 Å². The Morgan fingerprint density at radius 3 is 3.22 bits per heavy atom. The van der Waals surface area contributed by atoms with Gasteiger partial charge in [-0.3, -0.25) is 9.78 Å². The van der Waals surface area contributed by atoms with E-state index in [1.54, 1.807) is 6.20 Å². The SMILES string of the molecule is NC1(C(=O)C2CCCc3cccnc32)CCOC1. The maximum atomic E-state index is 12.6. The molecule has 0 bridgehead atoms. The van der Waals surface area contributed by atoms with Gasteiger partial charge in [-0.2, -0.15) is 0 Å². The average Bonchev–Trinajstić information content (AvgIpc) is 2.85. The third-order valence-electron chi connectivity index (χ3n) is 4.05. The highest BCUT2D eigenvalue weighted by Gasteiger charge is 2.43. The summed E-state index contributed by atoms with van der Waals surface area (Å²) in [4.78, 5) is 17.0. The quantitative estimate of drug-likeness (QED) is 0.851. The zero-order valence-corrected chi connectivity index (χ0v) is 10.4. The summed E-state index contributed by atoms with van der Waals surface area (Å²) in [5, 5.41) is 0. The maximum absolute atomic E-state index is 12.6. The highest BCUT2D eigenvalue weighted by atomic mass is 16.5. The summed E-state index contributed by atoms with van der Waals surface area (Å²) in [5.74, 6) is -0.0266. The first-order valence-electron chi connectivity index (χ1n) is 6.55. The van der Waals surface area contributed by atoms with Gasteiger partial charge >= 0.3 is 0 Å². The number of fused-ring (bicyclic) bond motifs is 1. The van der Waals surface area contributed by atoms with Gasteiger partial charge in [0.1, 0.15) is 5.54 Å². The molecule has 0 amide bonds. The van der Waals surface area contributed by atoms with E-state index in [0.717, 1.165) is 25.0 Å². The number of Topliss-reactive ketones (excluding diaryl/α,β-unsaturated/α-hetero) is 1. The second-order valence-corrected chi connectivity index (χ2v) is 5.32. The first-order valence-corrected chi connectivity index (χ1v) is 6.55. The number of aromatic nitrogens is 1. The molecule has 1 aromatic rings. The maximum Gasteiger partial charge on any atom is 0.164 e. The van der Waals surface area contributed by atoms with Crippen molar-refractivity contribution < 1.29 is 9.53 Å². The molecule has 3 rings (SSSR count). The van der Waals surface area contributed by atoms with E-state index in [2.05, 4.69) is 11.1 Å². The summed E-state index contributed by atoms with van der Waals surface area (Å²) in [6.07, 6.45) is 5.30. The number of rotatable bonds is 2. The van der Waals surface area contributed by atoms with Crippen LogP contribution in [0.25, 0.3) is 0 Å². The molecule has 1 aliphatic carbocycles. The van der Waals surface area contributed by atoms with Gasteiger partial charge in [-0.05, 0) is 37.3 Å². The Morgan fingerprint density at radius 2 is 2.44 bits per heavy atom. The molecule has 1 aromatic heterocycles. The van der Waals surface area contributed by atoms with Crippen molar-refractivity contribution in [1.29, 1.82) is 0 Å². The standard InChI is InChI=1S/C14H18N2O2/c15-14(6-8-18-9-14)13(17)11-5-1-3-10-4-2-7-16-12(10)11/h2,4,7,11H,1,3,5-6,8-9,15H2. The van der Waals surface area contributed by atoms with Crippen LogP contribution in [0.15, 0.2) is 18.3 Å². The Balaban J connectivity index is 1.92. The fraction of sp³-hybridized carbons (Fsp3) is 0.571. The van der Waals surface area contributed by atoms with E-state index in [0.29, 0.717) is 19.6 Å². The molecular weight excluding hydrogens is 228 g/mol. The molecule has 0 saturated carbocycles. The van der Waals surface area contributed by atoms with Crippen LogP contribution in [0.3, 0.4) is 0 Å². The van der Waals surface area contributed by atoms with E-state index in [9.17, 15) is 4.79 Å². The average molecular weight is 246 g/mol. The predicted octanol–water partition coefficient (Wildman–Crippen LogP) is 1.19. The minimum absolute atomic E-state index is 0.111. The monoisotopic (exact) mass is 246 g/mol. The van der Waals surface area contributed by atoms with Gasteiger partial charge in [0.25, 0.3) is 0 Å². The number of hydrogen-bond acceptors (Lipinski definition) is 4. The Morgan fingerprint density at radius 1 is 1.56 bits per heavy atom. The molecule has 96 valence electrons. The van der Waals surface area contributed by atoms with Crippen molar-refractivity contribution in [3.8, 4) is 0 Å². The molecule has 1 aliphatic heterocycles. The fourth-order valence-corrected chi connectivity index (χ4v) is 2.99. The molecule has 0 aromatic carbocycles. The highest BCUT2D eigenvalue weighted by molar-refractivity contribution is 5.94. The number of ether oxygens (including phenoxy) is 1. The van der Waals surface area contributed by atoms with Crippen LogP contribution in [-0.2, 0) is 16.0 Å². The number of carbonyl (C=O) groups excluding carboxylic acids is 1. The summed E-state index contributed by atoms with van der Waals surface area (Å²) in [5.41, 5.74) is 7.53. The van der Waals surface area contributed by atoms with Crippen LogP contribution < -0.4 is 5.73 Å². The van der Waals surface area contributed by atoms with E-state index in [1.807, 2.05) is 6.07 Å². The highest BCUT2D eigenvalue weighted by Crippen LogP contribution is 2.34. The molecular formula is C14H18N2O2. The van der Waals surface area contributed by atoms with E-state index in [-0.39, 0.29) is 11.7 Å². The van der Waals surface area contributed by atoms with E-state index in [4.69, 9.17) is 10.5 Å². The van der Waals surface area contributed by atoms with Gasteiger partial charge in [-0.15, -0.1) is 0 Å². The Bertz CT molecular complexity index is 467. The summed E-state index contributed by atoms with van der Waals surface area (Å²) >= 11 is 0. The van der Waals surface area contributed by atoms with Crippen LogP contribution in [0.4, 0.5) is 0 Å². The van der Waals surface area contributed by atoms with E-state index in [1.165, 1.54) is 5.56 Å². The lowest BCUT2D eigenvalue weighted by Gasteiger charge is -2.29. The summed E-state index contributed by atoms with van der Waals surface area (Å²) in [7, 11) is 0. The summed E-state index contributed by atoms with van der Waals surface area (Å²) < 4.78 is 5.29. The summed E-state index contributed by atoms with van der Waals surface area (Å²) in [6.45, 7) is 0.939. The van der Waals surface area contributed by atoms with Crippen molar-refractivity contribution in [2.45, 2.75) is 37.1 Å². The van der Waals surface area contributed by atoms with Crippen LogP contribution in [0.1, 0.15) is 36.4 Å². The molecule has 18 heavy (non-hydrogen) atoms. The fourth-order valence-electron chi connectivity index (χ4n) is 2.99. The van der Waals surface area contributed by atoms with Crippen molar-refractivity contribution in [2.24, 2.45) is 5.73 Å². The van der Waals surface area contributed by atoms with Crippen molar-refractivity contribution >= 4 is 5.78 Å². The number of pyridine rings is 1. The molecule has 2 heterocycles. The second-order valence-electron chi connectivity index (χ2n) is 5.32. The molecule has 2 aliphatic rings. The molecule has 4 heteroatoms. The number of ketones is 1. The minimum atomic E-state index is -0.795. The molecule has 1 fully saturated rings.